The van der Waals surface area contributed by atoms with Crippen LogP contribution in [0.15, 0.2) is 42.5 Å². The van der Waals surface area contributed by atoms with Gasteiger partial charge in [0, 0.05) is 29.9 Å². The summed E-state index contributed by atoms with van der Waals surface area (Å²) in [5, 5.41) is 3.67. The molecular weight excluding hydrogens is 372 g/mol. The quantitative estimate of drug-likeness (QED) is 0.614. The number of rotatable bonds is 4. The summed E-state index contributed by atoms with van der Waals surface area (Å²) < 4.78 is 0. The highest BCUT2D eigenvalue weighted by atomic mass is 16.2. The number of hydrogen-bond donors (Lipinski definition) is 1. The third-order valence-corrected chi connectivity index (χ3v) is 6.75. The number of ketones is 1. The zero-order valence-corrected chi connectivity index (χ0v) is 18.3. The van der Waals surface area contributed by atoms with Crippen LogP contribution in [-0.4, -0.2) is 17.7 Å². The standard InChI is InChI=1S/C26H32N2O2/c1-17-15-25(24-16-22(18(2)29)11-14-26(24)28(17)19(3)30)27-23-12-9-21(10-13-23)20-7-5-4-6-8-20/h9-14,16-17,20,25,27H,4-8,15H2,1-3H3. The van der Waals surface area contributed by atoms with E-state index in [9.17, 15) is 9.59 Å². The Kier molecular flexibility index (Phi) is 5.94. The van der Waals surface area contributed by atoms with Crippen LogP contribution < -0.4 is 10.2 Å². The predicted octanol–water partition coefficient (Wildman–Crippen LogP) is 6.24. The van der Waals surface area contributed by atoms with Gasteiger partial charge in [-0.25, -0.2) is 0 Å². The molecule has 1 aliphatic heterocycles. The van der Waals surface area contributed by atoms with E-state index in [2.05, 4.69) is 36.5 Å². The summed E-state index contributed by atoms with van der Waals surface area (Å²) in [7, 11) is 0. The molecule has 0 saturated heterocycles. The van der Waals surface area contributed by atoms with Crippen LogP contribution in [0.3, 0.4) is 0 Å². The van der Waals surface area contributed by atoms with E-state index in [4.69, 9.17) is 0 Å². The number of carbonyl (C=O) groups excluding carboxylic acids is 2. The van der Waals surface area contributed by atoms with Crippen molar-refractivity contribution in [3.8, 4) is 0 Å². The lowest BCUT2D eigenvalue weighted by molar-refractivity contribution is -0.117. The fourth-order valence-corrected chi connectivity index (χ4v) is 5.19. The molecule has 2 unspecified atom stereocenters. The molecule has 158 valence electrons. The van der Waals surface area contributed by atoms with E-state index in [0.29, 0.717) is 11.5 Å². The van der Waals surface area contributed by atoms with Crippen LogP contribution in [0.2, 0.25) is 0 Å². The average Bonchev–Trinajstić information content (AvgIpc) is 2.74. The molecule has 30 heavy (non-hydrogen) atoms. The Morgan fingerprint density at radius 3 is 2.30 bits per heavy atom. The second-order valence-corrected chi connectivity index (χ2v) is 8.96. The van der Waals surface area contributed by atoms with Crippen molar-refractivity contribution in [2.75, 3.05) is 10.2 Å². The predicted molar refractivity (Wildman–Crippen MR) is 122 cm³/mol. The highest BCUT2D eigenvalue weighted by molar-refractivity contribution is 5.97. The van der Waals surface area contributed by atoms with Gasteiger partial charge in [0.25, 0.3) is 0 Å². The molecule has 0 aromatic heterocycles. The van der Waals surface area contributed by atoms with E-state index in [1.54, 1.807) is 13.8 Å². The minimum absolute atomic E-state index is 0.0367. The molecule has 1 amide bonds. The number of Topliss-reactive ketones (excluding diaryl/α,β-unsaturated/α-hetero) is 1. The SMILES string of the molecule is CC(=O)c1ccc2c(c1)C(Nc1ccc(C3CCCCC3)cc1)CC(C)N2C(C)=O. The van der Waals surface area contributed by atoms with Crippen LogP contribution in [-0.2, 0) is 4.79 Å². The van der Waals surface area contributed by atoms with Crippen molar-refractivity contribution in [3.63, 3.8) is 0 Å². The highest BCUT2D eigenvalue weighted by Gasteiger charge is 2.32. The van der Waals surface area contributed by atoms with Crippen LogP contribution >= 0.6 is 0 Å². The van der Waals surface area contributed by atoms with E-state index < -0.39 is 0 Å². The van der Waals surface area contributed by atoms with Gasteiger partial charge in [-0.2, -0.15) is 0 Å². The number of amides is 1. The summed E-state index contributed by atoms with van der Waals surface area (Å²) in [4.78, 5) is 26.1. The topological polar surface area (TPSA) is 49.4 Å². The van der Waals surface area contributed by atoms with Crippen molar-refractivity contribution in [1.82, 2.24) is 0 Å². The Hall–Kier alpha value is -2.62. The largest absolute Gasteiger partial charge is 0.378 e. The van der Waals surface area contributed by atoms with Crippen LogP contribution in [0.4, 0.5) is 11.4 Å². The number of nitrogens with one attached hydrogen (secondary N) is 1. The maximum absolute atomic E-state index is 12.3. The fourth-order valence-electron chi connectivity index (χ4n) is 5.19. The lowest BCUT2D eigenvalue weighted by Crippen LogP contribution is -2.43. The molecule has 1 fully saturated rings. The van der Waals surface area contributed by atoms with Crippen molar-refractivity contribution in [1.29, 1.82) is 0 Å². The number of benzene rings is 2. The van der Waals surface area contributed by atoms with Gasteiger partial charge in [0.1, 0.15) is 0 Å². The minimum Gasteiger partial charge on any atom is -0.378 e. The highest BCUT2D eigenvalue weighted by Crippen LogP contribution is 2.40. The summed E-state index contributed by atoms with van der Waals surface area (Å²) in [5.74, 6) is 0.779. The molecule has 2 aliphatic rings. The van der Waals surface area contributed by atoms with Gasteiger partial charge in [-0.1, -0.05) is 31.4 Å². The summed E-state index contributed by atoms with van der Waals surface area (Å²) in [6.45, 7) is 5.28. The monoisotopic (exact) mass is 404 g/mol. The second-order valence-electron chi connectivity index (χ2n) is 8.96. The fraction of sp³-hybridized carbons (Fsp3) is 0.462. The molecule has 0 radical (unpaired) electrons. The maximum atomic E-state index is 12.3. The number of fused-ring (bicyclic) bond motifs is 1. The van der Waals surface area contributed by atoms with Crippen LogP contribution in [0.1, 0.15) is 92.7 Å². The van der Waals surface area contributed by atoms with Gasteiger partial charge >= 0.3 is 0 Å². The zero-order valence-electron chi connectivity index (χ0n) is 18.3. The molecule has 2 aromatic carbocycles. The van der Waals surface area contributed by atoms with E-state index >= 15 is 0 Å². The number of hydrogen-bond acceptors (Lipinski definition) is 3. The first-order chi connectivity index (χ1) is 14.4. The van der Waals surface area contributed by atoms with Crippen molar-refractivity contribution in [3.05, 3.63) is 59.2 Å². The van der Waals surface area contributed by atoms with Crippen molar-refractivity contribution < 1.29 is 9.59 Å². The van der Waals surface area contributed by atoms with E-state index in [1.807, 2.05) is 23.1 Å². The van der Waals surface area contributed by atoms with Gasteiger partial charge in [0.05, 0.1) is 6.04 Å². The first-order valence-corrected chi connectivity index (χ1v) is 11.2. The molecule has 4 heteroatoms. The van der Waals surface area contributed by atoms with E-state index in [0.717, 1.165) is 23.4 Å². The Balaban J connectivity index is 1.60. The normalized spacial score (nSPS) is 21.8. The zero-order chi connectivity index (χ0) is 21.3. The average molecular weight is 405 g/mol. The Bertz CT molecular complexity index is 929. The summed E-state index contributed by atoms with van der Waals surface area (Å²) in [5.41, 5.74) is 5.14. The summed E-state index contributed by atoms with van der Waals surface area (Å²) >= 11 is 0. The van der Waals surface area contributed by atoms with Crippen molar-refractivity contribution >= 4 is 23.1 Å². The minimum atomic E-state index is 0.0367. The Labute approximate surface area is 179 Å². The molecular formula is C26H32N2O2. The van der Waals surface area contributed by atoms with Gasteiger partial charge < -0.3 is 10.2 Å². The molecule has 4 rings (SSSR count). The van der Waals surface area contributed by atoms with Gasteiger partial charge in [-0.3, -0.25) is 9.59 Å². The Morgan fingerprint density at radius 1 is 0.967 bits per heavy atom. The second kappa shape index (κ2) is 8.63. The number of carbonyl (C=O) groups is 2. The lowest BCUT2D eigenvalue weighted by atomic mass is 9.84. The third-order valence-electron chi connectivity index (χ3n) is 6.75. The molecule has 2 atom stereocenters. The number of anilines is 2. The molecule has 0 bridgehead atoms. The molecule has 2 aromatic rings. The van der Waals surface area contributed by atoms with E-state index in [1.165, 1.54) is 37.7 Å². The molecule has 4 nitrogen and oxygen atoms in total. The number of nitrogens with zero attached hydrogens (tertiary/aromatic N) is 1. The van der Waals surface area contributed by atoms with Crippen LogP contribution in [0.5, 0.6) is 0 Å². The lowest BCUT2D eigenvalue weighted by Gasteiger charge is -2.39. The first-order valence-electron chi connectivity index (χ1n) is 11.2. The maximum Gasteiger partial charge on any atom is 0.224 e. The van der Waals surface area contributed by atoms with Crippen molar-refractivity contribution in [2.24, 2.45) is 0 Å². The molecule has 1 saturated carbocycles. The van der Waals surface area contributed by atoms with E-state index in [-0.39, 0.29) is 23.8 Å². The van der Waals surface area contributed by atoms with Crippen LogP contribution in [0, 0.1) is 0 Å². The molecule has 1 N–H and O–H groups in total. The first kappa shape index (κ1) is 20.6. The van der Waals surface area contributed by atoms with Gasteiger partial charge in [-0.05, 0) is 80.5 Å². The van der Waals surface area contributed by atoms with Gasteiger partial charge in [-0.15, -0.1) is 0 Å². The molecule has 0 spiro atoms. The van der Waals surface area contributed by atoms with Crippen LogP contribution in [0.25, 0.3) is 0 Å². The van der Waals surface area contributed by atoms with Gasteiger partial charge in [0.2, 0.25) is 5.91 Å². The summed E-state index contributed by atoms with van der Waals surface area (Å²) in [6, 6.07) is 14.7. The molecule has 1 heterocycles. The smallest absolute Gasteiger partial charge is 0.224 e. The van der Waals surface area contributed by atoms with Crippen molar-refractivity contribution in [2.45, 2.75) is 77.3 Å². The van der Waals surface area contributed by atoms with Gasteiger partial charge in [0.15, 0.2) is 5.78 Å². The summed E-state index contributed by atoms with van der Waals surface area (Å²) in [6.07, 6.45) is 7.45. The third kappa shape index (κ3) is 4.14. The molecule has 1 aliphatic carbocycles. The Morgan fingerprint density at radius 2 is 1.67 bits per heavy atom.